The van der Waals surface area contributed by atoms with Gasteiger partial charge in [0.05, 0.1) is 11.9 Å². The molecule has 0 fully saturated rings. The lowest BCUT2D eigenvalue weighted by Gasteiger charge is -2.30. The Labute approximate surface area is 218 Å². The molecule has 1 atom stereocenters. The molecule has 0 heterocycles. The molecule has 0 saturated carbocycles. The van der Waals surface area contributed by atoms with Gasteiger partial charge in [0.15, 0.2) is 0 Å². The molecule has 0 saturated heterocycles. The summed E-state index contributed by atoms with van der Waals surface area (Å²) >= 11 is 12.6. The van der Waals surface area contributed by atoms with Crippen LogP contribution in [0.4, 0.5) is 5.69 Å². The van der Waals surface area contributed by atoms with Crippen LogP contribution in [0.1, 0.15) is 43.4 Å². The number of nitrogens with one attached hydrogen (secondary N) is 1. The fourth-order valence-corrected chi connectivity index (χ4v) is 5.12. The van der Waals surface area contributed by atoms with E-state index in [4.69, 9.17) is 23.2 Å². The van der Waals surface area contributed by atoms with E-state index in [9.17, 15) is 18.0 Å². The molecule has 1 unspecified atom stereocenters. The van der Waals surface area contributed by atoms with Gasteiger partial charge in [-0.2, -0.15) is 0 Å². The second-order valence-corrected chi connectivity index (χ2v) is 11.2. The van der Waals surface area contributed by atoms with Crippen molar-refractivity contribution in [2.24, 2.45) is 0 Å². The average molecular weight is 543 g/mol. The molecule has 35 heavy (non-hydrogen) atoms. The summed E-state index contributed by atoms with van der Waals surface area (Å²) in [7, 11) is -3.55. The number of sulfonamides is 1. The number of anilines is 1. The first-order valence-corrected chi connectivity index (χ1v) is 14.0. The summed E-state index contributed by atoms with van der Waals surface area (Å²) in [5.74, 6) is -0.592. The Morgan fingerprint density at radius 1 is 1.06 bits per heavy atom. The summed E-state index contributed by atoms with van der Waals surface area (Å²) < 4.78 is 26.2. The second-order valence-electron chi connectivity index (χ2n) is 8.50. The summed E-state index contributed by atoms with van der Waals surface area (Å²) in [6.45, 7) is 7.94. The van der Waals surface area contributed by atoms with Gasteiger partial charge in [-0.15, -0.1) is 0 Å². The van der Waals surface area contributed by atoms with E-state index in [1.165, 1.54) is 9.21 Å². The molecule has 0 spiro atoms. The molecule has 2 aromatic rings. The van der Waals surface area contributed by atoms with Crippen molar-refractivity contribution in [3.63, 3.8) is 0 Å². The van der Waals surface area contributed by atoms with Gasteiger partial charge in [0.2, 0.25) is 21.8 Å². The summed E-state index contributed by atoms with van der Waals surface area (Å²) in [4.78, 5) is 27.3. The minimum Gasteiger partial charge on any atom is -0.355 e. The third-order valence-corrected chi connectivity index (χ3v) is 7.74. The van der Waals surface area contributed by atoms with Crippen LogP contribution in [0.15, 0.2) is 36.4 Å². The van der Waals surface area contributed by atoms with Crippen LogP contribution < -0.4 is 9.62 Å². The minimum absolute atomic E-state index is 0.0443. The van der Waals surface area contributed by atoms with Crippen LogP contribution in [0.3, 0.4) is 0 Å². The predicted octanol–water partition coefficient (Wildman–Crippen LogP) is 4.71. The molecule has 2 aromatic carbocycles. The van der Waals surface area contributed by atoms with Crippen molar-refractivity contribution >= 4 is 50.7 Å². The molecule has 0 radical (unpaired) electrons. The Morgan fingerprint density at radius 2 is 1.69 bits per heavy atom. The third kappa shape index (κ3) is 7.85. The van der Waals surface area contributed by atoms with E-state index >= 15 is 0 Å². The van der Waals surface area contributed by atoms with Crippen LogP contribution in [0.5, 0.6) is 0 Å². The SMILES string of the molecule is CCNC(=O)C(C)N(Cc1c(Cl)cccc1Cl)C(=O)CCCN(c1ccc(C)c(C)c1)S(C)(=O)=O. The second kappa shape index (κ2) is 12.6. The van der Waals surface area contributed by atoms with Gasteiger partial charge in [0, 0.05) is 41.7 Å². The summed E-state index contributed by atoms with van der Waals surface area (Å²) in [5, 5.41) is 3.53. The normalized spacial score (nSPS) is 12.2. The molecular weight excluding hydrogens is 509 g/mol. The Morgan fingerprint density at radius 3 is 2.23 bits per heavy atom. The molecule has 0 aliphatic carbocycles. The number of rotatable bonds is 11. The summed E-state index contributed by atoms with van der Waals surface area (Å²) in [6.07, 6.45) is 1.46. The molecule has 2 rings (SSSR count). The Bertz CT molecular complexity index is 1150. The summed E-state index contributed by atoms with van der Waals surface area (Å²) in [5.41, 5.74) is 3.14. The molecule has 0 aliphatic rings. The van der Waals surface area contributed by atoms with Gasteiger partial charge in [0.25, 0.3) is 0 Å². The van der Waals surface area contributed by atoms with Gasteiger partial charge in [-0.05, 0) is 69.5 Å². The monoisotopic (exact) mass is 541 g/mol. The largest absolute Gasteiger partial charge is 0.355 e. The molecule has 1 N–H and O–H groups in total. The zero-order valence-electron chi connectivity index (χ0n) is 20.8. The van der Waals surface area contributed by atoms with Gasteiger partial charge in [-0.25, -0.2) is 8.42 Å². The van der Waals surface area contributed by atoms with Crippen molar-refractivity contribution < 1.29 is 18.0 Å². The maximum Gasteiger partial charge on any atom is 0.242 e. The van der Waals surface area contributed by atoms with Crippen molar-refractivity contribution in [2.45, 2.75) is 53.1 Å². The Hall–Kier alpha value is -2.29. The van der Waals surface area contributed by atoms with Crippen molar-refractivity contribution in [3.8, 4) is 0 Å². The fraction of sp³-hybridized carbons (Fsp3) is 0.440. The third-order valence-electron chi connectivity index (χ3n) is 5.84. The summed E-state index contributed by atoms with van der Waals surface area (Å²) in [6, 6.07) is 9.75. The predicted molar refractivity (Wildman–Crippen MR) is 142 cm³/mol. The first-order valence-electron chi connectivity index (χ1n) is 11.4. The van der Waals surface area contributed by atoms with E-state index in [1.807, 2.05) is 26.0 Å². The number of hydrogen-bond acceptors (Lipinski definition) is 4. The standard InChI is InChI=1S/C25H33Cl2N3O4S/c1-6-28-25(32)19(4)29(16-21-22(26)9-7-10-23(21)27)24(31)11-8-14-30(35(5,33)34)20-13-12-17(2)18(3)15-20/h7,9-10,12-13,15,19H,6,8,11,14,16H2,1-5H3,(H,28,32). The lowest BCUT2D eigenvalue weighted by atomic mass is 10.1. The Kier molecular flexibility index (Phi) is 10.4. The number of nitrogens with zero attached hydrogens (tertiary/aromatic N) is 2. The number of carbonyl (C=O) groups is 2. The Balaban J connectivity index is 2.22. The molecule has 0 bridgehead atoms. The van der Waals surface area contributed by atoms with E-state index in [2.05, 4.69) is 5.32 Å². The van der Waals surface area contributed by atoms with Gasteiger partial charge >= 0.3 is 0 Å². The number of carbonyl (C=O) groups excluding carboxylic acids is 2. The average Bonchev–Trinajstić information content (AvgIpc) is 2.77. The van der Waals surface area contributed by atoms with Crippen LogP contribution in [-0.2, 0) is 26.2 Å². The van der Waals surface area contributed by atoms with Crippen molar-refractivity contribution in [1.29, 1.82) is 0 Å². The van der Waals surface area contributed by atoms with Gasteiger partial charge in [0.1, 0.15) is 6.04 Å². The number of likely N-dealkylation sites (N-methyl/N-ethyl adjacent to an activating group) is 1. The maximum absolute atomic E-state index is 13.3. The van der Waals surface area contributed by atoms with Crippen LogP contribution in [0, 0.1) is 13.8 Å². The van der Waals surface area contributed by atoms with Crippen molar-refractivity contribution in [1.82, 2.24) is 10.2 Å². The van der Waals surface area contributed by atoms with E-state index in [-0.39, 0.29) is 37.7 Å². The molecular formula is C25H33Cl2N3O4S. The molecule has 0 aromatic heterocycles. The van der Waals surface area contributed by atoms with Gasteiger partial charge in [-0.3, -0.25) is 13.9 Å². The number of amides is 2. The van der Waals surface area contributed by atoms with Crippen LogP contribution in [0.2, 0.25) is 10.0 Å². The molecule has 0 aliphatic heterocycles. The number of aryl methyl sites for hydroxylation is 2. The highest BCUT2D eigenvalue weighted by Gasteiger charge is 2.27. The van der Waals surface area contributed by atoms with E-state index in [0.717, 1.165) is 17.4 Å². The number of halogens is 2. The topological polar surface area (TPSA) is 86.8 Å². The molecule has 192 valence electrons. The van der Waals surface area contributed by atoms with Crippen LogP contribution in [-0.4, -0.2) is 50.5 Å². The van der Waals surface area contributed by atoms with E-state index < -0.39 is 16.1 Å². The number of hydrogen-bond donors (Lipinski definition) is 1. The first kappa shape index (κ1) is 28.9. The fourth-order valence-electron chi connectivity index (χ4n) is 3.64. The zero-order valence-corrected chi connectivity index (χ0v) is 23.1. The minimum atomic E-state index is -3.55. The van der Waals surface area contributed by atoms with Gasteiger partial charge in [-0.1, -0.05) is 35.3 Å². The first-order chi connectivity index (χ1) is 16.4. The quantitative estimate of drug-likeness (QED) is 0.446. The van der Waals surface area contributed by atoms with E-state index in [0.29, 0.717) is 27.8 Å². The lowest BCUT2D eigenvalue weighted by Crippen LogP contribution is -2.47. The van der Waals surface area contributed by atoms with E-state index in [1.54, 1.807) is 38.1 Å². The van der Waals surface area contributed by atoms with Gasteiger partial charge < -0.3 is 10.2 Å². The van der Waals surface area contributed by atoms with Crippen LogP contribution in [0.25, 0.3) is 0 Å². The smallest absolute Gasteiger partial charge is 0.242 e. The maximum atomic E-state index is 13.3. The van der Waals surface area contributed by atoms with Crippen molar-refractivity contribution in [3.05, 3.63) is 63.1 Å². The molecule has 7 nitrogen and oxygen atoms in total. The highest BCUT2D eigenvalue weighted by Crippen LogP contribution is 2.27. The van der Waals surface area contributed by atoms with Crippen LogP contribution >= 0.6 is 23.2 Å². The molecule has 2 amide bonds. The number of benzene rings is 2. The highest BCUT2D eigenvalue weighted by atomic mass is 35.5. The lowest BCUT2D eigenvalue weighted by molar-refractivity contribution is -0.140. The zero-order chi connectivity index (χ0) is 26.3. The molecule has 10 heteroatoms. The van der Waals surface area contributed by atoms with Crippen molar-refractivity contribution in [2.75, 3.05) is 23.7 Å². The highest BCUT2D eigenvalue weighted by molar-refractivity contribution is 7.92.